The minimum atomic E-state index is -0.735. The summed E-state index contributed by atoms with van der Waals surface area (Å²) < 4.78 is 9.75. The lowest BCUT2D eigenvalue weighted by molar-refractivity contribution is -0.122. The van der Waals surface area contributed by atoms with Crippen LogP contribution >= 0.6 is 0 Å². The van der Waals surface area contributed by atoms with Gasteiger partial charge in [0.2, 0.25) is 5.91 Å². The molecule has 1 fully saturated rings. The van der Waals surface area contributed by atoms with Gasteiger partial charge in [0.15, 0.2) is 0 Å². The zero-order valence-electron chi connectivity index (χ0n) is 10.6. The molecule has 1 heterocycles. The fourth-order valence-electron chi connectivity index (χ4n) is 1.86. The SMILES string of the molecule is COC(=O)NC(=O)CN1CCC(OCCO)CC1. The van der Waals surface area contributed by atoms with E-state index in [2.05, 4.69) is 10.1 Å². The standard InChI is InChI=1S/C11H20N2O5/c1-17-11(16)12-10(15)8-13-4-2-9(3-5-13)18-7-6-14/h9,14H,2-8H2,1H3,(H,12,15,16). The fourth-order valence-corrected chi connectivity index (χ4v) is 1.86. The number of piperidine rings is 1. The molecule has 2 amide bonds. The van der Waals surface area contributed by atoms with Crippen LogP contribution in [0.4, 0.5) is 4.79 Å². The van der Waals surface area contributed by atoms with Crippen LogP contribution in [0.25, 0.3) is 0 Å². The number of aliphatic hydroxyl groups is 1. The van der Waals surface area contributed by atoms with Crippen LogP contribution in [-0.4, -0.2) is 68.1 Å². The van der Waals surface area contributed by atoms with E-state index >= 15 is 0 Å². The number of aliphatic hydroxyl groups excluding tert-OH is 1. The molecule has 2 N–H and O–H groups in total. The summed E-state index contributed by atoms with van der Waals surface area (Å²) in [7, 11) is 1.21. The Bertz CT molecular complexity index is 277. The predicted octanol–water partition coefficient (Wildman–Crippen LogP) is -0.658. The molecule has 1 aliphatic rings. The van der Waals surface area contributed by atoms with Crippen molar-refractivity contribution in [3.05, 3.63) is 0 Å². The summed E-state index contributed by atoms with van der Waals surface area (Å²) in [6.07, 6.45) is 1.06. The average molecular weight is 260 g/mol. The summed E-state index contributed by atoms with van der Waals surface area (Å²) in [6, 6.07) is 0. The van der Waals surface area contributed by atoms with Crippen molar-refractivity contribution in [2.75, 3.05) is 40.0 Å². The summed E-state index contributed by atoms with van der Waals surface area (Å²) >= 11 is 0. The van der Waals surface area contributed by atoms with Gasteiger partial charge in [0, 0.05) is 13.1 Å². The number of amides is 2. The molecule has 0 atom stereocenters. The van der Waals surface area contributed by atoms with Gasteiger partial charge < -0.3 is 14.6 Å². The van der Waals surface area contributed by atoms with E-state index in [4.69, 9.17) is 9.84 Å². The Morgan fingerprint density at radius 2 is 2.06 bits per heavy atom. The van der Waals surface area contributed by atoms with Crippen LogP contribution in [0.5, 0.6) is 0 Å². The lowest BCUT2D eigenvalue weighted by atomic mass is 10.1. The second-order valence-corrected chi connectivity index (χ2v) is 4.11. The Labute approximate surface area is 106 Å². The zero-order valence-corrected chi connectivity index (χ0v) is 10.6. The first-order chi connectivity index (χ1) is 8.65. The summed E-state index contributed by atoms with van der Waals surface area (Å²) in [5, 5.41) is 10.8. The number of hydrogen-bond donors (Lipinski definition) is 2. The second kappa shape index (κ2) is 8.02. The highest BCUT2D eigenvalue weighted by Gasteiger charge is 2.21. The van der Waals surface area contributed by atoms with Crippen LogP contribution in [0.1, 0.15) is 12.8 Å². The quantitative estimate of drug-likeness (QED) is 0.682. The molecule has 0 unspecified atom stereocenters. The van der Waals surface area contributed by atoms with Gasteiger partial charge in [0.25, 0.3) is 0 Å². The number of carbonyl (C=O) groups is 2. The van der Waals surface area contributed by atoms with Crippen LogP contribution in [0.3, 0.4) is 0 Å². The van der Waals surface area contributed by atoms with Crippen LogP contribution < -0.4 is 5.32 Å². The number of carbonyl (C=O) groups excluding carboxylic acids is 2. The number of alkyl carbamates (subject to hydrolysis) is 1. The molecule has 104 valence electrons. The highest BCUT2D eigenvalue weighted by atomic mass is 16.5. The zero-order chi connectivity index (χ0) is 13.4. The van der Waals surface area contributed by atoms with Crippen molar-refractivity contribution in [3.8, 4) is 0 Å². The molecule has 1 aliphatic heterocycles. The number of imide groups is 1. The molecule has 0 aromatic heterocycles. The number of hydrogen-bond acceptors (Lipinski definition) is 6. The van der Waals surface area contributed by atoms with E-state index in [1.54, 1.807) is 0 Å². The fraction of sp³-hybridized carbons (Fsp3) is 0.818. The minimum absolute atomic E-state index is 0.0295. The molecule has 0 radical (unpaired) electrons. The summed E-state index contributed by atoms with van der Waals surface area (Å²) in [6.45, 7) is 2.05. The van der Waals surface area contributed by atoms with Crippen LogP contribution in [0.2, 0.25) is 0 Å². The van der Waals surface area contributed by atoms with Gasteiger partial charge in [0.1, 0.15) is 0 Å². The number of rotatable bonds is 5. The number of likely N-dealkylation sites (tertiary alicyclic amines) is 1. The maximum atomic E-state index is 11.4. The average Bonchev–Trinajstić information content (AvgIpc) is 2.37. The number of methoxy groups -OCH3 is 1. The third-order valence-electron chi connectivity index (χ3n) is 2.77. The Morgan fingerprint density at radius 1 is 1.39 bits per heavy atom. The molecule has 18 heavy (non-hydrogen) atoms. The summed E-state index contributed by atoms with van der Waals surface area (Å²) in [4.78, 5) is 24.2. The first kappa shape index (κ1) is 14.9. The van der Waals surface area contributed by atoms with E-state index in [9.17, 15) is 9.59 Å². The van der Waals surface area contributed by atoms with Crippen molar-refractivity contribution in [1.29, 1.82) is 0 Å². The third kappa shape index (κ3) is 5.44. The van der Waals surface area contributed by atoms with Crippen LogP contribution in [0, 0.1) is 0 Å². The highest BCUT2D eigenvalue weighted by Crippen LogP contribution is 2.12. The molecule has 0 bridgehead atoms. The van der Waals surface area contributed by atoms with E-state index in [0.29, 0.717) is 6.61 Å². The minimum Gasteiger partial charge on any atom is -0.453 e. The molecule has 1 rings (SSSR count). The Kier molecular flexibility index (Phi) is 6.63. The van der Waals surface area contributed by atoms with Gasteiger partial charge in [-0.05, 0) is 12.8 Å². The second-order valence-electron chi connectivity index (χ2n) is 4.11. The van der Waals surface area contributed by atoms with Crippen molar-refractivity contribution in [2.45, 2.75) is 18.9 Å². The van der Waals surface area contributed by atoms with E-state index in [1.807, 2.05) is 4.90 Å². The van der Waals surface area contributed by atoms with Crippen LogP contribution in [-0.2, 0) is 14.3 Å². The van der Waals surface area contributed by atoms with Gasteiger partial charge in [-0.3, -0.25) is 15.0 Å². The molecule has 7 nitrogen and oxygen atoms in total. The Balaban J connectivity index is 2.18. The molecule has 0 aromatic carbocycles. The molecule has 0 aromatic rings. The van der Waals surface area contributed by atoms with Crippen molar-refractivity contribution in [3.63, 3.8) is 0 Å². The van der Waals surface area contributed by atoms with Gasteiger partial charge in [0.05, 0.1) is 33.0 Å². The molecular weight excluding hydrogens is 240 g/mol. The third-order valence-corrected chi connectivity index (χ3v) is 2.77. The number of ether oxygens (including phenoxy) is 2. The first-order valence-electron chi connectivity index (χ1n) is 5.98. The van der Waals surface area contributed by atoms with E-state index < -0.39 is 6.09 Å². The normalized spacial score (nSPS) is 17.4. The number of nitrogens with zero attached hydrogens (tertiary/aromatic N) is 1. The molecule has 7 heteroatoms. The Hall–Kier alpha value is -1.18. The van der Waals surface area contributed by atoms with Gasteiger partial charge in [-0.1, -0.05) is 0 Å². The highest BCUT2D eigenvalue weighted by molar-refractivity contribution is 5.92. The van der Waals surface area contributed by atoms with Gasteiger partial charge in [-0.25, -0.2) is 4.79 Å². The summed E-state index contributed by atoms with van der Waals surface area (Å²) in [5.41, 5.74) is 0. The van der Waals surface area contributed by atoms with Crippen LogP contribution in [0.15, 0.2) is 0 Å². The topological polar surface area (TPSA) is 88.1 Å². The van der Waals surface area contributed by atoms with Crippen molar-refractivity contribution in [2.24, 2.45) is 0 Å². The van der Waals surface area contributed by atoms with Crippen molar-refractivity contribution >= 4 is 12.0 Å². The lowest BCUT2D eigenvalue weighted by Gasteiger charge is -2.31. The van der Waals surface area contributed by atoms with E-state index in [0.717, 1.165) is 25.9 Å². The maximum Gasteiger partial charge on any atom is 0.413 e. The molecule has 0 saturated carbocycles. The van der Waals surface area contributed by atoms with Crippen molar-refractivity contribution < 1.29 is 24.2 Å². The Morgan fingerprint density at radius 3 is 2.61 bits per heavy atom. The van der Waals surface area contributed by atoms with E-state index in [1.165, 1.54) is 7.11 Å². The van der Waals surface area contributed by atoms with Crippen molar-refractivity contribution in [1.82, 2.24) is 10.2 Å². The summed E-state index contributed by atoms with van der Waals surface area (Å²) in [5.74, 6) is -0.364. The monoisotopic (exact) mass is 260 g/mol. The van der Waals surface area contributed by atoms with Gasteiger partial charge in [-0.2, -0.15) is 0 Å². The number of nitrogens with one attached hydrogen (secondary N) is 1. The molecule has 1 saturated heterocycles. The molecule has 0 aliphatic carbocycles. The lowest BCUT2D eigenvalue weighted by Crippen LogP contribution is -2.44. The largest absolute Gasteiger partial charge is 0.453 e. The van der Waals surface area contributed by atoms with Gasteiger partial charge in [-0.15, -0.1) is 0 Å². The molecular formula is C11H20N2O5. The van der Waals surface area contributed by atoms with E-state index in [-0.39, 0.29) is 25.2 Å². The first-order valence-corrected chi connectivity index (χ1v) is 5.98. The maximum absolute atomic E-state index is 11.4. The smallest absolute Gasteiger partial charge is 0.413 e. The molecule has 0 spiro atoms. The van der Waals surface area contributed by atoms with Gasteiger partial charge >= 0.3 is 6.09 Å². The predicted molar refractivity (Wildman–Crippen MR) is 63.0 cm³/mol.